The Balaban J connectivity index is 1.13. The lowest BCUT2D eigenvalue weighted by molar-refractivity contribution is -0.114. The minimum Gasteiger partial charge on any atom is -0.496 e. The van der Waals surface area contributed by atoms with Crippen molar-refractivity contribution < 1.29 is 23.5 Å². The molecule has 2 aromatic heterocycles. The number of para-hydroxylation sites is 2. The fourth-order valence-corrected chi connectivity index (χ4v) is 6.08. The lowest BCUT2D eigenvalue weighted by Gasteiger charge is -2.11. The molecular formula is C40H35N5O6S. The molecule has 6 rings (SSSR count). The van der Waals surface area contributed by atoms with Gasteiger partial charge in [0, 0.05) is 29.3 Å². The highest BCUT2D eigenvalue weighted by Gasteiger charge is 2.19. The fourth-order valence-electron chi connectivity index (χ4n) is 5.38. The SMILES string of the molecule is COc1ccccc1-c1ccc(/C=C(/NC(=O)c2ccccc2)C(=O)Nc2ccc(SCC(=O)Nc3c(C)n(C)n(-c4ccccc4)c3=O)cc2)o1. The van der Waals surface area contributed by atoms with Crippen LogP contribution in [0.3, 0.4) is 0 Å². The Hall–Kier alpha value is -6.53. The molecule has 0 spiro atoms. The highest BCUT2D eigenvalue weighted by Crippen LogP contribution is 2.31. The van der Waals surface area contributed by atoms with Crippen molar-refractivity contribution in [3.05, 3.63) is 154 Å². The topological polar surface area (TPSA) is 137 Å². The Morgan fingerprint density at radius 2 is 1.50 bits per heavy atom. The van der Waals surface area contributed by atoms with Crippen molar-refractivity contribution in [2.75, 3.05) is 23.5 Å². The van der Waals surface area contributed by atoms with Crippen molar-refractivity contribution >= 4 is 46.9 Å². The van der Waals surface area contributed by atoms with Crippen LogP contribution in [0.1, 0.15) is 21.8 Å². The lowest BCUT2D eigenvalue weighted by atomic mass is 10.1. The van der Waals surface area contributed by atoms with Crippen LogP contribution in [0.2, 0.25) is 0 Å². The summed E-state index contributed by atoms with van der Waals surface area (Å²) in [5.41, 5.74) is 2.78. The van der Waals surface area contributed by atoms with E-state index in [1.807, 2.05) is 54.6 Å². The van der Waals surface area contributed by atoms with E-state index < -0.39 is 11.8 Å². The molecule has 3 N–H and O–H groups in total. The van der Waals surface area contributed by atoms with Gasteiger partial charge < -0.3 is 25.1 Å². The molecule has 0 aliphatic rings. The van der Waals surface area contributed by atoms with Crippen LogP contribution in [0.25, 0.3) is 23.1 Å². The fraction of sp³-hybridized carbons (Fsp3) is 0.100. The third-order valence-corrected chi connectivity index (χ3v) is 9.13. The van der Waals surface area contributed by atoms with Gasteiger partial charge in [-0.05, 0) is 79.7 Å². The molecule has 0 unspecified atom stereocenters. The number of furan rings is 1. The molecule has 0 atom stereocenters. The zero-order valence-electron chi connectivity index (χ0n) is 28.6. The zero-order chi connectivity index (χ0) is 36.6. The van der Waals surface area contributed by atoms with Crippen molar-refractivity contribution in [1.29, 1.82) is 0 Å². The summed E-state index contributed by atoms with van der Waals surface area (Å²) in [4.78, 5) is 53.5. The van der Waals surface area contributed by atoms with Crippen molar-refractivity contribution in [3.63, 3.8) is 0 Å². The Morgan fingerprint density at radius 1 is 0.827 bits per heavy atom. The first kappa shape index (κ1) is 35.3. The maximum absolute atomic E-state index is 13.6. The molecule has 3 amide bonds. The second kappa shape index (κ2) is 16.0. The Kier molecular flexibility index (Phi) is 10.9. The summed E-state index contributed by atoms with van der Waals surface area (Å²) in [6, 6.07) is 35.5. The van der Waals surface area contributed by atoms with Crippen molar-refractivity contribution in [1.82, 2.24) is 14.7 Å². The molecular weight excluding hydrogens is 679 g/mol. The third kappa shape index (κ3) is 8.09. The van der Waals surface area contributed by atoms with Crippen LogP contribution in [0.15, 0.2) is 141 Å². The number of amides is 3. The Bertz CT molecular complexity index is 2310. The second-order valence-electron chi connectivity index (χ2n) is 11.5. The summed E-state index contributed by atoms with van der Waals surface area (Å²) in [6.45, 7) is 1.78. The van der Waals surface area contributed by atoms with E-state index in [1.54, 1.807) is 92.5 Å². The van der Waals surface area contributed by atoms with Gasteiger partial charge in [-0.25, -0.2) is 4.68 Å². The first-order chi connectivity index (χ1) is 25.2. The summed E-state index contributed by atoms with van der Waals surface area (Å²) in [5.74, 6) is 0.195. The number of rotatable bonds is 12. The van der Waals surface area contributed by atoms with Crippen LogP contribution < -0.4 is 26.2 Å². The first-order valence-electron chi connectivity index (χ1n) is 16.2. The summed E-state index contributed by atoms with van der Waals surface area (Å²) in [6.07, 6.45) is 1.46. The van der Waals surface area contributed by atoms with E-state index in [0.717, 1.165) is 10.5 Å². The largest absolute Gasteiger partial charge is 0.496 e. The highest BCUT2D eigenvalue weighted by molar-refractivity contribution is 8.00. The molecule has 12 heteroatoms. The van der Waals surface area contributed by atoms with Gasteiger partial charge in [-0.1, -0.05) is 48.5 Å². The van der Waals surface area contributed by atoms with E-state index in [-0.39, 0.29) is 28.6 Å². The zero-order valence-corrected chi connectivity index (χ0v) is 29.4. The maximum atomic E-state index is 13.6. The molecule has 262 valence electrons. The average molecular weight is 714 g/mol. The normalized spacial score (nSPS) is 11.2. The Labute approximate surface area is 303 Å². The molecule has 11 nitrogen and oxygen atoms in total. The molecule has 0 aliphatic heterocycles. The van der Waals surface area contributed by atoms with Gasteiger partial charge in [0.05, 0.1) is 29.8 Å². The molecule has 6 aromatic rings. The molecule has 52 heavy (non-hydrogen) atoms. The van der Waals surface area contributed by atoms with Gasteiger partial charge in [0.15, 0.2) is 0 Å². The molecule has 0 saturated carbocycles. The summed E-state index contributed by atoms with van der Waals surface area (Å²) < 4.78 is 14.7. The molecule has 4 aromatic carbocycles. The van der Waals surface area contributed by atoms with E-state index in [0.29, 0.717) is 39.9 Å². The van der Waals surface area contributed by atoms with Gasteiger partial charge in [-0.3, -0.25) is 23.9 Å². The number of anilines is 2. The monoisotopic (exact) mass is 713 g/mol. The molecule has 0 fully saturated rings. The Morgan fingerprint density at radius 3 is 2.21 bits per heavy atom. The molecule has 2 heterocycles. The van der Waals surface area contributed by atoms with Gasteiger partial charge >= 0.3 is 0 Å². The van der Waals surface area contributed by atoms with Gasteiger partial charge in [0.25, 0.3) is 17.4 Å². The predicted molar refractivity (Wildman–Crippen MR) is 203 cm³/mol. The number of thioether (sulfide) groups is 1. The van der Waals surface area contributed by atoms with Crippen LogP contribution in [0, 0.1) is 6.92 Å². The predicted octanol–water partition coefficient (Wildman–Crippen LogP) is 6.89. The molecule has 0 aliphatic carbocycles. The number of methoxy groups -OCH3 is 1. The quantitative estimate of drug-likeness (QED) is 0.0928. The standard InChI is InChI=1S/C40H35N5O6S/c1-26-37(40(49)45(44(26)2)29-14-8-5-9-15-29)43-36(46)25-52-31-21-18-28(19-22-31)41-39(48)33(42-38(47)27-12-6-4-7-13-27)24-30-20-23-35(51-30)32-16-10-11-17-34(32)50-3/h4-24H,25H2,1-3H3,(H,41,48)(H,42,47)(H,43,46)/b33-24+. The smallest absolute Gasteiger partial charge is 0.295 e. The summed E-state index contributed by atoms with van der Waals surface area (Å²) >= 11 is 1.28. The van der Waals surface area contributed by atoms with Crippen LogP contribution in [0.4, 0.5) is 11.4 Å². The van der Waals surface area contributed by atoms with Gasteiger partial charge in [-0.15, -0.1) is 11.8 Å². The average Bonchev–Trinajstić information content (AvgIpc) is 3.72. The van der Waals surface area contributed by atoms with E-state index >= 15 is 0 Å². The number of hydrogen-bond donors (Lipinski definition) is 3. The number of carbonyl (C=O) groups is 3. The number of ether oxygens (including phenoxy) is 1. The summed E-state index contributed by atoms with van der Waals surface area (Å²) in [5, 5.41) is 8.30. The van der Waals surface area contributed by atoms with Crippen LogP contribution in [-0.2, 0) is 16.6 Å². The third-order valence-electron chi connectivity index (χ3n) is 8.12. The van der Waals surface area contributed by atoms with Crippen LogP contribution in [-0.4, -0.2) is 39.9 Å². The van der Waals surface area contributed by atoms with E-state index in [9.17, 15) is 19.2 Å². The minimum atomic E-state index is -0.571. The molecule has 0 radical (unpaired) electrons. The van der Waals surface area contributed by atoms with Crippen LogP contribution in [0.5, 0.6) is 5.75 Å². The number of aromatic nitrogens is 2. The van der Waals surface area contributed by atoms with Crippen molar-refractivity contribution in [2.45, 2.75) is 11.8 Å². The maximum Gasteiger partial charge on any atom is 0.295 e. The van der Waals surface area contributed by atoms with E-state index in [1.165, 1.54) is 22.5 Å². The number of nitrogens with zero attached hydrogens (tertiary/aromatic N) is 2. The summed E-state index contributed by atoms with van der Waals surface area (Å²) in [7, 11) is 3.34. The lowest BCUT2D eigenvalue weighted by Crippen LogP contribution is -2.30. The van der Waals surface area contributed by atoms with E-state index in [2.05, 4.69) is 16.0 Å². The highest BCUT2D eigenvalue weighted by atomic mass is 32.2. The van der Waals surface area contributed by atoms with Gasteiger partial charge in [-0.2, -0.15) is 0 Å². The van der Waals surface area contributed by atoms with E-state index in [4.69, 9.17) is 9.15 Å². The number of nitrogens with one attached hydrogen (secondary N) is 3. The molecule has 0 saturated heterocycles. The minimum absolute atomic E-state index is 0.0348. The first-order valence-corrected chi connectivity index (χ1v) is 17.2. The van der Waals surface area contributed by atoms with Gasteiger partial charge in [0.2, 0.25) is 5.91 Å². The number of benzene rings is 4. The number of carbonyl (C=O) groups excluding carboxylic acids is 3. The van der Waals surface area contributed by atoms with Crippen molar-refractivity contribution in [3.8, 4) is 22.8 Å². The second-order valence-corrected chi connectivity index (χ2v) is 12.6. The van der Waals surface area contributed by atoms with Gasteiger partial charge in [0.1, 0.15) is 28.7 Å². The number of hydrogen-bond acceptors (Lipinski definition) is 7. The van der Waals surface area contributed by atoms with Crippen molar-refractivity contribution in [2.24, 2.45) is 7.05 Å². The van der Waals surface area contributed by atoms with Crippen LogP contribution >= 0.6 is 11.8 Å². The molecule has 0 bridgehead atoms.